The Kier molecular flexibility index (Phi) is 9.76. The summed E-state index contributed by atoms with van der Waals surface area (Å²) in [6.07, 6.45) is 1.00. The van der Waals surface area contributed by atoms with Gasteiger partial charge in [0.15, 0.2) is 0 Å². The zero-order valence-electron chi connectivity index (χ0n) is 20.9. The molecule has 1 unspecified atom stereocenters. The second-order valence-electron chi connectivity index (χ2n) is 7.75. The van der Waals surface area contributed by atoms with Gasteiger partial charge >= 0.3 is 0 Å². The van der Waals surface area contributed by atoms with E-state index in [2.05, 4.69) is 5.32 Å². The summed E-state index contributed by atoms with van der Waals surface area (Å²) in [5, 5.41) is 2.71. The van der Waals surface area contributed by atoms with Crippen molar-refractivity contribution in [2.45, 2.75) is 26.4 Å². The predicted octanol–water partition coefficient (Wildman–Crippen LogP) is 2.03. The lowest BCUT2D eigenvalue weighted by Gasteiger charge is -2.31. The monoisotopic (exact) mass is 507 g/mol. The van der Waals surface area contributed by atoms with E-state index in [1.165, 1.54) is 31.3 Å². The molecule has 0 bridgehead atoms. The summed E-state index contributed by atoms with van der Waals surface area (Å²) in [7, 11) is 0.537. The number of likely N-dealkylation sites (N-methyl/N-ethyl adjacent to an activating group) is 1. The van der Waals surface area contributed by atoms with Crippen LogP contribution in [0, 0.1) is 0 Å². The highest BCUT2D eigenvalue weighted by molar-refractivity contribution is 7.92. The van der Waals surface area contributed by atoms with Gasteiger partial charge in [0, 0.05) is 19.2 Å². The van der Waals surface area contributed by atoms with E-state index < -0.39 is 28.5 Å². The molecule has 1 atom stereocenters. The van der Waals surface area contributed by atoms with Crippen molar-refractivity contribution in [2.75, 3.05) is 45.0 Å². The Labute approximate surface area is 206 Å². The van der Waals surface area contributed by atoms with Gasteiger partial charge in [-0.05, 0) is 43.7 Å². The molecule has 0 aliphatic rings. The molecule has 0 saturated carbocycles. The van der Waals surface area contributed by atoms with E-state index in [1.54, 1.807) is 51.3 Å². The maximum Gasteiger partial charge on any atom is 0.244 e. The third-order valence-corrected chi connectivity index (χ3v) is 6.49. The van der Waals surface area contributed by atoms with Gasteiger partial charge in [0.1, 0.15) is 29.8 Å². The van der Waals surface area contributed by atoms with Gasteiger partial charge < -0.3 is 24.4 Å². The molecule has 0 aromatic heterocycles. The topological polar surface area (TPSA) is 114 Å². The Morgan fingerprint density at radius 1 is 0.971 bits per heavy atom. The lowest BCUT2D eigenvalue weighted by molar-refractivity contribution is -0.139. The van der Waals surface area contributed by atoms with Crippen LogP contribution in [0.1, 0.15) is 19.4 Å². The Bertz CT molecular complexity index is 1120. The fourth-order valence-electron chi connectivity index (χ4n) is 3.42. The summed E-state index contributed by atoms with van der Waals surface area (Å²) in [6.45, 7) is 3.35. The minimum Gasteiger partial charge on any atom is -0.497 e. The van der Waals surface area contributed by atoms with Crippen LogP contribution in [0.5, 0.6) is 17.2 Å². The zero-order valence-corrected chi connectivity index (χ0v) is 21.7. The van der Waals surface area contributed by atoms with E-state index in [0.29, 0.717) is 18.0 Å². The van der Waals surface area contributed by atoms with Crippen LogP contribution in [0.4, 0.5) is 5.69 Å². The van der Waals surface area contributed by atoms with Crippen LogP contribution in [-0.2, 0) is 26.2 Å². The lowest BCUT2D eigenvalue weighted by atomic mass is 10.1. The maximum atomic E-state index is 13.5. The third kappa shape index (κ3) is 7.25. The number of anilines is 1. The molecule has 2 aromatic carbocycles. The molecule has 35 heavy (non-hydrogen) atoms. The van der Waals surface area contributed by atoms with Crippen LogP contribution in [0.3, 0.4) is 0 Å². The second kappa shape index (κ2) is 12.3. The number of nitrogens with zero attached hydrogens (tertiary/aromatic N) is 2. The van der Waals surface area contributed by atoms with E-state index in [9.17, 15) is 18.0 Å². The predicted molar refractivity (Wildman–Crippen MR) is 133 cm³/mol. The molecule has 0 radical (unpaired) electrons. The molecule has 2 amide bonds. The van der Waals surface area contributed by atoms with Gasteiger partial charge in [-0.1, -0.05) is 12.1 Å². The van der Waals surface area contributed by atoms with E-state index in [0.717, 1.165) is 16.1 Å². The standard InChI is InChI=1S/C24H33N3O7S/c1-7-25-24(29)17(2)26(15-18-8-10-19(32-3)11-9-18)23(28)16-27(35(6,30)31)21-13-12-20(33-4)14-22(21)34-5/h8-14,17H,7,15-16H2,1-6H3,(H,25,29). The fourth-order valence-corrected chi connectivity index (χ4v) is 4.27. The quantitative estimate of drug-likeness (QED) is 0.468. The molecule has 11 heteroatoms. The van der Waals surface area contributed by atoms with Crippen LogP contribution in [-0.4, -0.2) is 71.8 Å². The number of nitrogens with one attached hydrogen (secondary N) is 1. The average Bonchev–Trinajstić information content (AvgIpc) is 2.84. The molecular weight excluding hydrogens is 474 g/mol. The van der Waals surface area contributed by atoms with E-state index in [-0.39, 0.29) is 23.9 Å². The Hall–Kier alpha value is -3.47. The van der Waals surface area contributed by atoms with Crippen LogP contribution in [0.2, 0.25) is 0 Å². The Morgan fingerprint density at radius 3 is 2.09 bits per heavy atom. The number of benzene rings is 2. The largest absolute Gasteiger partial charge is 0.497 e. The first kappa shape index (κ1) is 27.8. The van der Waals surface area contributed by atoms with Gasteiger partial charge in [-0.15, -0.1) is 0 Å². The molecule has 0 spiro atoms. The van der Waals surface area contributed by atoms with Crippen molar-refractivity contribution in [2.24, 2.45) is 0 Å². The van der Waals surface area contributed by atoms with Gasteiger partial charge in [0.25, 0.3) is 0 Å². The number of amides is 2. The second-order valence-corrected chi connectivity index (χ2v) is 9.65. The first-order chi connectivity index (χ1) is 16.5. The first-order valence-electron chi connectivity index (χ1n) is 11.0. The summed E-state index contributed by atoms with van der Waals surface area (Å²) in [5.41, 5.74) is 0.933. The summed E-state index contributed by atoms with van der Waals surface area (Å²) >= 11 is 0. The average molecular weight is 508 g/mol. The number of carbonyl (C=O) groups excluding carboxylic acids is 2. The number of hydrogen-bond donors (Lipinski definition) is 1. The fraction of sp³-hybridized carbons (Fsp3) is 0.417. The van der Waals surface area contributed by atoms with Gasteiger partial charge in [-0.3, -0.25) is 13.9 Å². The molecule has 2 aromatic rings. The van der Waals surface area contributed by atoms with Crippen molar-refractivity contribution in [1.82, 2.24) is 10.2 Å². The molecule has 1 N–H and O–H groups in total. The summed E-state index contributed by atoms with van der Waals surface area (Å²) < 4.78 is 42.1. The van der Waals surface area contributed by atoms with Gasteiger partial charge in [0.2, 0.25) is 21.8 Å². The summed E-state index contributed by atoms with van der Waals surface area (Å²) in [5.74, 6) is 0.445. The highest BCUT2D eigenvalue weighted by Crippen LogP contribution is 2.33. The molecule has 10 nitrogen and oxygen atoms in total. The number of ether oxygens (including phenoxy) is 3. The number of rotatable bonds is 12. The Balaban J connectivity index is 2.44. The first-order valence-corrected chi connectivity index (χ1v) is 12.8. The van der Waals surface area contributed by atoms with Crippen molar-refractivity contribution >= 4 is 27.5 Å². The minimum atomic E-state index is -3.89. The smallest absolute Gasteiger partial charge is 0.244 e. The molecule has 0 aliphatic heterocycles. The van der Waals surface area contributed by atoms with E-state index >= 15 is 0 Å². The SMILES string of the molecule is CCNC(=O)C(C)N(Cc1ccc(OC)cc1)C(=O)CN(c1ccc(OC)cc1OC)S(C)(=O)=O. The van der Waals surface area contributed by atoms with Crippen molar-refractivity contribution in [3.63, 3.8) is 0 Å². The molecule has 0 saturated heterocycles. The minimum absolute atomic E-state index is 0.0957. The van der Waals surface area contributed by atoms with Crippen molar-refractivity contribution < 1.29 is 32.2 Å². The van der Waals surface area contributed by atoms with Crippen molar-refractivity contribution in [3.05, 3.63) is 48.0 Å². The Morgan fingerprint density at radius 2 is 1.57 bits per heavy atom. The number of sulfonamides is 1. The molecule has 0 aliphatic carbocycles. The van der Waals surface area contributed by atoms with Gasteiger partial charge in [0.05, 0.1) is 33.3 Å². The van der Waals surface area contributed by atoms with E-state index in [1.807, 2.05) is 0 Å². The third-order valence-electron chi connectivity index (χ3n) is 5.37. The van der Waals surface area contributed by atoms with Crippen molar-refractivity contribution in [3.8, 4) is 17.2 Å². The highest BCUT2D eigenvalue weighted by Gasteiger charge is 2.31. The van der Waals surface area contributed by atoms with Crippen LogP contribution >= 0.6 is 0 Å². The van der Waals surface area contributed by atoms with Gasteiger partial charge in [-0.25, -0.2) is 8.42 Å². The van der Waals surface area contributed by atoms with E-state index in [4.69, 9.17) is 14.2 Å². The number of carbonyl (C=O) groups is 2. The van der Waals surface area contributed by atoms with Crippen molar-refractivity contribution in [1.29, 1.82) is 0 Å². The molecule has 0 heterocycles. The summed E-state index contributed by atoms with van der Waals surface area (Å²) in [4.78, 5) is 27.5. The molecule has 2 rings (SSSR count). The van der Waals surface area contributed by atoms with Gasteiger partial charge in [-0.2, -0.15) is 0 Å². The zero-order chi connectivity index (χ0) is 26.2. The molecule has 0 fully saturated rings. The maximum absolute atomic E-state index is 13.5. The number of hydrogen-bond acceptors (Lipinski definition) is 7. The number of methoxy groups -OCH3 is 3. The molecule has 192 valence electrons. The van der Waals surface area contributed by atoms with Crippen LogP contribution in [0.15, 0.2) is 42.5 Å². The molecular formula is C24H33N3O7S. The summed E-state index contributed by atoms with van der Waals surface area (Å²) in [6, 6.07) is 10.8. The lowest BCUT2D eigenvalue weighted by Crippen LogP contribution is -2.51. The van der Waals surface area contributed by atoms with Crippen LogP contribution in [0.25, 0.3) is 0 Å². The van der Waals surface area contributed by atoms with Crippen LogP contribution < -0.4 is 23.8 Å². The normalized spacial score (nSPS) is 11.8. The highest BCUT2D eigenvalue weighted by atomic mass is 32.2.